The standard InChI is InChI=1S/C13H19FN2O3S/c1-9-6-10(15)7-12(13(9)14)20(18,19)16-5-3-2-4-11(16)8-17/h6-7,11,17H,2-5,8,15H2,1H3. The van der Waals surface area contributed by atoms with E-state index in [4.69, 9.17) is 5.73 Å². The molecule has 0 bridgehead atoms. The van der Waals surface area contributed by atoms with Gasteiger partial charge in [0.25, 0.3) is 0 Å². The molecular weight excluding hydrogens is 283 g/mol. The van der Waals surface area contributed by atoms with E-state index in [-0.39, 0.29) is 17.9 Å². The van der Waals surface area contributed by atoms with Gasteiger partial charge < -0.3 is 10.8 Å². The number of benzene rings is 1. The van der Waals surface area contributed by atoms with Gasteiger partial charge in [-0.2, -0.15) is 4.31 Å². The number of anilines is 1. The predicted octanol–water partition coefficient (Wildman–Crippen LogP) is 1.25. The molecule has 0 saturated carbocycles. The van der Waals surface area contributed by atoms with Crippen LogP contribution in [-0.2, 0) is 10.0 Å². The van der Waals surface area contributed by atoms with Gasteiger partial charge in [0, 0.05) is 18.3 Å². The molecule has 1 saturated heterocycles. The van der Waals surface area contributed by atoms with Gasteiger partial charge in [0.05, 0.1) is 6.61 Å². The molecular formula is C13H19FN2O3S. The molecule has 1 heterocycles. The van der Waals surface area contributed by atoms with Crippen LogP contribution in [0.15, 0.2) is 17.0 Å². The number of nitrogens with two attached hydrogens (primary N) is 1. The van der Waals surface area contributed by atoms with Crippen molar-refractivity contribution in [2.75, 3.05) is 18.9 Å². The van der Waals surface area contributed by atoms with Crippen molar-refractivity contribution in [1.82, 2.24) is 4.31 Å². The topological polar surface area (TPSA) is 83.6 Å². The van der Waals surface area contributed by atoms with Gasteiger partial charge in [-0.3, -0.25) is 0 Å². The highest BCUT2D eigenvalue weighted by Gasteiger charge is 2.35. The van der Waals surface area contributed by atoms with Crippen molar-refractivity contribution in [2.24, 2.45) is 0 Å². The highest BCUT2D eigenvalue weighted by Crippen LogP contribution is 2.29. The first-order valence-corrected chi connectivity index (χ1v) is 8.00. The van der Waals surface area contributed by atoms with Crippen LogP contribution in [0.1, 0.15) is 24.8 Å². The predicted molar refractivity (Wildman–Crippen MR) is 74.2 cm³/mol. The van der Waals surface area contributed by atoms with Gasteiger partial charge in [-0.1, -0.05) is 6.42 Å². The van der Waals surface area contributed by atoms with Crippen LogP contribution in [0, 0.1) is 12.7 Å². The summed E-state index contributed by atoms with van der Waals surface area (Å²) >= 11 is 0. The minimum Gasteiger partial charge on any atom is -0.399 e. The van der Waals surface area contributed by atoms with E-state index in [1.54, 1.807) is 0 Å². The lowest BCUT2D eigenvalue weighted by atomic mass is 10.1. The average Bonchev–Trinajstić information content (AvgIpc) is 2.42. The summed E-state index contributed by atoms with van der Waals surface area (Å²) in [5.74, 6) is -0.776. The number of hydrogen-bond acceptors (Lipinski definition) is 4. The minimum absolute atomic E-state index is 0.195. The van der Waals surface area contributed by atoms with Gasteiger partial charge in [0.1, 0.15) is 10.7 Å². The second-order valence-electron chi connectivity index (χ2n) is 5.10. The van der Waals surface area contributed by atoms with Gasteiger partial charge in [0.2, 0.25) is 10.0 Å². The highest BCUT2D eigenvalue weighted by molar-refractivity contribution is 7.89. The fourth-order valence-corrected chi connectivity index (χ4v) is 4.41. The number of halogens is 1. The minimum atomic E-state index is -3.98. The molecule has 0 spiro atoms. The van der Waals surface area contributed by atoms with Gasteiger partial charge >= 0.3 is 0 Å². The number of aliphatic hydroxyl groups is 1. The van der Waals surface area contributed by atoms with Crippen LogP contribution in [0.4, 0.5) is 10.1 Å². The Bertz CT molecular complexity index is 604. The van der Waals surface area contributed by atoms with E-state index in [2.05, 4.69) is 0 Å². The van der Waals surface area contributed by atoms with E-state index in [0.717, 1.165) is 12.5 Å². The Balaban J connectivity index is 2.49. The van der Waals surface area contributed by atoms with Crippen LogP contribution in [0.2, 0.25) is 0 Å². The third-order valence-corrected chi connectivity index (χ3v) is 5.57. The van der Waals surface area contributed by atoms with Crippen LogP contribution in [0.25, 0.3) is 0 Å². The van der Waals surface area contributed by atoms with Gasteiger partial charge in [-0.25, -0.2) is 12.8 Å². The normalized spacial score (nSPS) is 21.1. The summed E-state index contributed by atoms with van der Waals surface area (Å²) in [6, 6.07) is 2.05. The summed E-state index contributed by atoms with van der Waals surface area (Å²) < 4.78 is 40.5. The van der Waals surface area contributed by atoms with Crippen molar-refractivity contribution in [2.45, 2.75) is 37.1 Å². The molecule has 3 N–H and O–H groups in total. The Morgan fingerprint density at radius 3 is 2.80 bits per heavy atom. The summed E-state index contributed by atoms with van der Waals surface area (Å²) in [7, 11) is -3.98. The molecule has 1 aromatic rings. The Morgan fingerprint density at radius 2 is 2.15 bits per heavy atom. The van der Waals surface area contributed by atoms with E-state index < -0.39 is 26.8 Å². The molecule has 2 rings (SSSR count). The highest BCUT2D eigenvalue weighted by atomic mass is 32.2. The van der Waals surface area contributed by atoms with Crippen molar-refractivity contribution in [3.05, 3.63) is 23.5 Å². The van der Waals surface area contributed by atoms with Crippen LogP contribution < -0.4 is 5.73 Å². The maximum Gasteiger partial charge on any atom is 0.246 e. The van der Waals surface area contributed by atoms with Crippen molar-refractivity contribution in [1.29, 1.82) is 0 Å². The maximum atomic E-state index is 14.1. The van der Waals surface area contributed by atoms with Crippen molar-refractivity contribution in [3.8, 4) is 0 Å². The Kier molecular flexibility index (Phi) is 4.31. The van der Waals surface area contributed by atoms with Crippen LogP contribution in [0.3, 0.4) is 0 Å². The third-order valence-electron chi connectivity index (χ3n) is 3.61. The first kappa shape index (κ1) is 15.2. The van der Waals surface area contributed by atoms with E-state index in [0.29, 0.717) is 19.4 Å². The second-order valence-corrected chi connectivity index (χ2v) is 6.96. The molecule has 0 amide bonds. The fraction of sp³-hybridized carbons (Fsp3) is 0.538. The molecule has 5 nitrogen and oxygen atoms in total. The number of hydrogen-bond donors (Lipinski definition) is 2. The SMILES string of the molecule is Cc1cc(N)cc(S(=O)(=O)N2CCCCC2CO)c1F. The second kappa shape index (κ2) is 5.67. The molecule has 1 atom stereocenters. The van der Waals surface area contributed by atoms with Gasteiger partial charge in [-0.15, -0.1) is 0 Å². The molecule has 1 aliphatic rings. The zero-order valence-corrected chi connectivity index (χ0v) is 12.2. The van der Waals surface area contributed by atoms with Gasteiger partial charge in [0.15, 0.2) is 0 Å². The lowest BCUT2D eigenvalue weighted by molar-refractivity contribution is 0.155. The van der Waals surface area contributed by atoms with Crippen LogP contribution in [-0.4, -0.2) is 37.0 Å². The molecule has 1 aromatic carbocycles. The summed E-state index contributed by atoms with van der Waals surface area (Å²) in [6.07, 6.45) is 2.15. The van der Waals surface area contributed by atoms with Crippen molar-refractivity contribution < 1.29 is 17.9 Å². The molecule has 1 unspecified atom stereocenters. The maximum absolute atomic E-state index is 14.1. The third kappa shape index (κ3) is 2.65. The fourth-order valence-electron chi connectivity index (χ4n) is 2.55. The molecule has 7 heteroatoms. The largest absolute Gasteiger partial charge is 0.399 e. The zero-order chi connectivity index (χ0) is 14.9. The molecule has 112 valence electrons. The quantitative estimate of drug-likeness (QED) is 0.823. The Morgan fingerprint density at radius 1 is 1.45 bits per heavy atom. The first-order valence-electron chi connectivity index (χ1n) is 6.56. The summed E-state index contributed by atoms with van der Waals surface area (Å²) in [6.45, 7) is 1.51. The summed E-state index contributed by atoms with van der Waals surface area (Å²) in [4.78, 5) is -0.407. The smallest absolute Gasteiger partial charge is 0.246 e. The molecule has 1 aliphatic heterocycles. The molecule has 0 aromatic heterocycles. The lowest BCUT2D eigenvalue weighted by Gasteiger charge is -2.33. The Labute approximate surface area is 118 Å². The first-order chi connectivity index (χ1) is 9.37. The van der Waals surface area contributed by atoms with Crippen molar-refractivity contribution >= 4 is 15.7 Å². The zero-order valence-electron chi connectivity index (χ0n) is 11.3. The number of aryl methyl sites for hydroxylation is 1. The Hall–Kier alpha value is -1.18. The molecule has 0 aliphatic carbocycles. The van der Waals surface area contributed by atoms with Crippen LogP contribution >= 0.6 is 0 Å². The number of sulfonamides is 1. The van der Waals surface area contributed by atoms with E-state index in [1.165, 1.54) is 17.3 Å². The molecule has 0 radical (unpaired) electrons. The molecule has 1 fully saturated rings. The average molecular weight is 302 g/mol. The number of aliphatic hydroxyl groups excluding tert-OH is 1. The van der Waals surface area contributed by atoms with E-state index in [9.17, 15) is 17.9 Å². The van der Waals surface area contributed by atoms with Crippen molar-refractivity contribution in [3.63, 3.8) is 0 Å². The summed E-state index contributed by atoms with van der Waals surface area (Å²) in [5.41, 5.74) is 6.03. The number of piperidine rings is 1. The summed E-state index contributed by atoms with van der Waals surface area (Å²) in [5, 5.41) is 9.33. The van der Waals surface area contributed by atoms with E-state index in [1.807, 2.05) is 0 Å². The van der Waals surface area contributed by atoms with E-state index >= 15 is 0 Å². The monoisotopic (exact) mass is 302 g/mol. The van der Waals surface area contributed by atoms with Gasteiger partial charge in [-0.05, 0) is 37.5 Å². The number of rotatable bonds is 3. The molecule has 20 heavy (non-hydrogen) atoms. The van der Waals surface area contributed by atoms with Crippen LogP contribution in [0.5, 0.6) is 0 Å². The number of nitrogens with zero attached hydrogens (tertiary/aromatic N) is 1. The number of nitrogen functional groups attached to an aromatic ring is 1. The lowest BCUT2D eigenvalue weighted by Crippen LogP contribution is -2.45.